The first kappa shape index (κ1) is 21.8. The van der Waals surface area contributed by atoms with E-state index in [0.29, 0.717) is 19.6 Å². The van der Waals surface area contributed by atoms with Crippen LogP contribution in [0.15, 0.2) is 27.8 Å². The van der Waals surface area contributed by atoms with Crippen LogP contribution < -0.4 is 21.9 Å². The predicted octanol–water partition coefficient (Wildman–Crippen LogP) is 1.40. The molecule has 0 saturated carbocycles. The van der Waals surface area contributed by atoms with Crippen molar-refractivity contribution in [3.63, 3.8) is 0 Å². The molecule has 0 aliphatic carbocycles. The van der Waals surface area contributed by atoms with Crippen LogP contribution in [0.3, 0.4) is 0 Å². The van der Waals surface area contributed by atoms with Gasteiger partial charge in [0, 0.05) is 38.4 Å². The van der Waals surface area contributed by atoms with E-state index in [1.807, 2.05) is 18.7 Å². The Balaban J connectivity index is 1.71. The third-order valence-electron chi connectivity index (χ3n) is 5.72. The average Bonchev–Trinajstić information content (AvgIpc) is 2.68. The first-order valence-electron chi connectivity index (χ1n) is 10.4. The fourth-order valence-corrected chi connectivity index (χ4v) is 3.91. The Labute approximate surface area is 176 Å². The van der Waals surface area contributed by atoms with E-state index < -0.39 is 11.2 Å². The van der Waals surface area contributed by atoms with E-state index in [-0.39, 0.29) is 29.6 Å². The lowest BCUT2D eigenvalue weighted by Gasteiger charge is -2.36. The van der Waals surface area contributed by atoms with Crippen LogP contribution in [0.4, 0.5) is 11.5 Å². The van der Waals surface area contributed by atoms with E-state index in [9.17, 15) is 14.4 Å². The Morgan fingerprint density at radius 1 is 1.13 bits per heavy atom. The molecule has 2 heterocycles. The molecule has 1 fully saturated rings. The summed E-state index contributed by atoms with van der Waals surface area (Å²) in [4.78, 5) is 43.9. The zero-order valence-corrected chi connectivity index (χ0v) is 18.2. The molecule has 0 spiro atoms. The summed E-state index contributed by atoms with van der Waals surface area (Å²) in [6, 6.07) is 6.30. The number of nitrogen functional groups attached to an aromatic ring is 1. The lowest BCUT2D eigenvalue weighted by Crippen LogP contribution is -2.49. The number of anilines is 2. The SMILES string of the molecule is Cc1cccc(N2CCN(CC(=O)c3c(N)n(CC(C)C)c(=O)[nH]c3=O)CC2)c1C. The van der Waals surface area contributed by atoms with Crippen LogP contribution in [0, 0.1) is 19.8 Å². The second kappa shape index (κ2) is 8.87. The number of nitrogens with one attached hydrogen (secondary N) is 1. The molecule has 3 N–H and O–H groups in total. The van der Waals surface area contributed by atoms with Crippen molar-refractivity contribution in [3.05, 3.63) is 55.7 Å². The Morgan fingerprint density at radius 2 is 1.80 bits per heavy atom. The maximum Gasteiger partial charge on any atom is 0.329 e. The van der Waals surface area contributed by atoms with E-state index in [1.54, 1.807) is 0 Å². The van der Waals surface area contributed by atoms with Gasteiger partial charge in [-0.2, -0.15) is 0 Å². The zero-order chi connectivity index (χ0) is 22.0. The zero-order valence-electron chi connectivity index (χ0n) is 18.2. The van der Waals surface area contributed by atoms with E-state index in [2.05, 4.69) is 41.9 Å². The highest BCUT2D eigenvalue weighted by Gasteiger charge is 2.25. The molecule has 1 saturated heterocycles. The molecule has 30 heavy (non-hydrogen) atoms. The van der Waals surface area contributed by atoms with Gasteiger partial charge in [-0.05, 0) is 37.0 Å². The number of ketones is 1. The molecule has 2 aromatic rings. The number of aromatic nitrogens is 2. The molecule has 0 bridgehead atoms. The quantitative estimate of drug-likeness (QED) is 0.694. The van der Waals surface area contributed by atoms with Gasteiger partial charge in [-0.15, -0.1) is 0 Å². The molecular weight excluding hydrogens is 382 g/mol. The van der Waals surface area contributed by atoms with Crippen molar-refractivity contribution >= 4 is 17.3 Å². The van der Waals surface area contributed by atoms with Crippen LogP contribution in [0.1, 0.15) is 35.3 Å². The predicted molar refractivity (Wildman–Crippen MR) is 119 cm³/mol. The van der Waals surface area contributed by atoms with Crippen molar-refractivity contribution in [2.24, 2.45) is 5.92 Å². The summed E-state index contributed by atoms with van der Waals surface area (Å²) < 4.78 is 1.28. The number of nitrogens with zero attached hydrogens (tertiary/aromatic N) is 3. The summed E-state index contributed by atoms with van der Waals surface area (Å²) in [5.41, 5.74) is 8.41. The molecule has 1 aliphatic heterocycles. The molecule has 0 amide bonds. The molecule has 0 radical (unpaired) electrons. The topological polar surface area (TPSA) is 104 Å². The number of Topliss-reactive ketones (excluding diaryl/α,β-unsaturated/α-hetero) is 1. The lowest BCUT2D eigenvalue weighted by atomic mass is 10.1. The van der Waals surface area contributed by atoms with Gasteiger partial charge >= 0.3 is 5.69 Å². The molecule has 1 aromatic heterocycles. The third-order valence-corrected chi connectivity index (χ3v) is 5.72. The third kappa shape index (κ3) is 4.48. The van der Waals surface area contributed by atoms with Gasteiger partial charge in [0.1, 0.15) is 11.4 Å². The van der Waals surface area contributed by atoms with Crippen LogP contribution >= 0.6 is 0 Å². The van der Waals surface area contributed by atoms with E-state index in [0.717, 1.165) is 13.1 Å². The van der Waals surface area contributed by atoms with Gasteiger partial charge in [-0.25, -0.2) is 4.79 Å². The number of hydrogen-bond donors (Lipinski definition) is 2. The molecule has 1 aromatic carbocycles. The second-order valence-corrected chi connectivity index (χ2v) is 8.43. The standard InChI is InChI=1S/C22H31N5O3/c1-14(2)12-27-20(23)19(21(29)24-22(27)30)18(28)13-25-8-10-26(11-9-25)17-7-5-6-15(3)16(17)4/h5-7,14H,8-13,23H2,1-4H3,(H,24,29,30). The van der Waals surface area contributed by atoms with Crippen LogP contribution in [-0.4, -0.2) is 53.0 Å². The van der Waals surface area contributed by atoms with Gasteiger partial charge in [0.15, 0.2) is 5.78 Å². The van der Waals surface area contributed by atoms with Crippen molar-refractivity contribution in [2.75, 3.05) is 43.4 Å². The van der Waals surface area contributed by atoms with Gasteiger partial charge in [0.05, 0.1) is 6.54 Å². The molecule has 8 nitrogen and oxygen atoms in total. The monoisotopic (exact) mass is 413 g/mol. The smallest absolute Gasteiger partial charge is 0.329 e. The number of aryl methyl sites for hydroxylation is 1. The summed E-state index contributed by atoms with van der Waals surface area (Å²) in [5.74, 6) is -0.250. The number of rotatable bonds is 6. The molecule has 8 heteroatoms. The minimum Gasteiger partial charge on any atom is -0.384 e. The number of H-pyrrole nitrogens is 1. The number of carbonyl (C=O) groups excluding carboxylic acids is 1. The first-order valence-corrected chi connectivity index (χ1v) is 10.4. The molecule has 162 valence electrons. The van der Waals surface area contributed by atoms with Crippen LogP contribution in [0.5, 0.6) is 0 Å². The molecular formula is C22H31N5O3. The Morgan fingerprint density at radius 3 is 2.43 bits per heavy atom. The first-order chi connectivity index (χ1) is 14.2. The molecule has 1 aliphatic rings. The van der Waals surface area contributed by atoms with Crippen molar-refractivity contribution in [1.82, 2.24) is 14.5 Å². The highest BCUT2D eigenvalue weighted by atomic mass is 16.2. The van der Waals surface area contributed by atoms with Crippen LogP contribution in [-0.2, 0) is 6.54 Å². The van der Waals surface area contributed by atoms with Crippen LogP contribution in [0.25, 0.3) is 0 Å². The van der Waals surface area contributed by atoms with Crippen molar-refractivity contribution in [3.8, 4) is 0 Å². The Kier molecular flexibility index (Phi) is 6.45. The normalized spacial score (nSPS) is 15.0. The van der Waals surface area contributed by atoms with Crippen LogP contribution in [0.2, 0.25) is 0 Å². The van der Waals surface area contributed by atoms with Gasteiger partial charge in [0.2, 0.25) is 0 Å². The maximum absolute atomic E-state index is 12.9. The van der Waals surface area contributed by atoms with Crippen molar-refractivity contribution < 1.29 is 4.79 Å². The summed E-state index contributed by atoms with van der Waals surface area (Å²) in [5, 5.41) is 0. The van der Waals surface area contributed by atoms with Gasteiger partial charge in [-0.3, -0.25) is 24.0 Å². The lowest BCUT2D eigenvalue weighted by molar-refractivity contribution is 0.0925. The fourth-order valence-electron chi connectivity index (χ4n) is 3.91. The van der Waals surface area contributed by atoms with E-state index in [4.69, 9.17) is 5.73 Å². The minimum atomic E-state index is -0.712. The summed E-state index contributed by atoms with van der Waals surface area (Å²) in [7, 11) is 0. The number of nitrogens with two attached hydrogens (primary N) is 1. The van der Waals surface area contributed by atoms with Crippen molar-refractivity contribution in [1.29, 1.82) is 0 Å². The number of hydrogen-bond acceptors (Lipinski definition) is 6. The molecule has 0 unspecified atom stereocenters. The van der Waals surface area contributed by atoms with Crippen molar-refractivity contribution in [2.45, 2.75) is 34.2 Å². The summed E-state index contributed by atoms with van der Waals surface area (Å²) in [6.07, 6.45) is 0. The van der Waals surface area contributed by atoms with Gasteiger partial charge in [-0.1, -0.05) is 26.0 Å². The second-order valence-electron chi connectivity index (χ2n) is 8.43. The van der Waals surface area contributed by atoms with Gasteiger partial charge in [0.25, 0.3) is 5.56 Å². The fraction of sp³-hybridized carbons (Fsp3) is 0.500. The number of carbonyl (C=O) groups is 1. The minimum absolute atomic E-state index is 0.0449. The average molecular weight is 414 g/mol. The number of benzene rings is 1. The highest BCUT2D eigenvalue weighted by molar-refractivity contribution is 6.01. The Hall–Kier alpha value is -2.87. The maximum atomic E-state index is 12.9. The molecule has 3 rings (SSSR count). The number of aromatic amines is 1. The van der Waals surface area contributed by atoms with E-state index in [1.165, 1.54) is 21.4 Å². The summed E-state index contributed by atoms with van der Waals surface area (Å²) in [6.45, 7) is 11.6. The highest BCUT2D eigenvalue weighted by Crippen LogP contribution is 2.24. The van der Waals surface area contributed by atoms with E-state index >= 15 is 0 Å². The molecule has 0 atom stereocenters. The summed E-state index contributed by atoms with van der Waals surface area (Å²) >= 11 is 0. The largest absolute Gasteiger partial charge is 0.384 e. The Bertz CT molecular complexity index is 1050. The number of piperazine rings is 1. The van der Waals surface area contributed by atoms with Gasteiger partial charge < -0.3 is 10.6 Å².